The summed E-state index contributed by atoms with van der Waals surface area (Å²) in [4.78, 5) is 39.9. The number of hydrogen-bond donors (Lipinski definition) is 2. The summed E-state index contributed by atoms with van der Waals surface area (Å²) in [5.74, 6) is -1.22. The first kappa shape index (κ1) is 23.7. The van der Waals surface area contributed by atoms with Crippen LogP contribution in [0.2, 0.25) is 0 Å². The van der Waals surface area contributed by atoms with E-state index in [4.69, 9.17) is 15.5 Å². The van der Waals surface area contributed by atoms with E-state index in [2.05, 4.69) is 10.7 Å². The van der Waals surface area contributed by atoms with E-state index in [1.807, 2.05) is 28.3 Å². The maximum absolute atomic E-state index is 11.9. The Balaban J connectivity index is 1.77. The summed E-state index contributed by atoms with van der Waals surface area (Å²) in [7, 11) is 1.30. The highest BCUT2D eigenvalue weighted by atomic mass is 32.1. The van der Waals surface area contributed by atoms with Crippen LogP contribution in [0.4, 0.5) is 0 Å². The molecule has 2 amide bonds. The number of methoxy groups -OCH3 is 1. The van der Waals surface area contributed by atoms with Crippen LogP contribution in [0.15, 0.2) is 28.3 Å². The Bertz CT molecular complexity index is 1100. The highest BCUT2D eigenvalue weighted by molar-refractivity contribution is 7.14. The van der Waals surface area contributed by atoms with Crippen LogP contribution in [0.3, 0.4) is 0 Å². The van der Waals surface area contributed by atoms with Gasteiger partial charge in [-0.05, 0) is 43.7 Å². The third kappa shape index (κ3) is 5.43. The quantitative estimate of drug-likeness (QED) is 0.344. The van der Waals surface area contributed by atoms with Crippen LogP contribution in [0.1, 0.15) is 42.2 Å². The molecular formula is C22H26N4O4S2. The lowest BCUT2D eigenvalue weighted by atomic mass is 10.1. The van der Waals surface area contributed by atoms with Crippen LogP contribution in [0.25, 0.3) is 22.0 Å². The maximum Gasteiger partial charge on any atom is 0.328 e. The number of nitrogens with two attached hydrogens (primary N) is 1. The van der Waals surface area contributed by atoms with Crippen LogP contribution in [-0.4, -0.2) is 40.5 Å². The first-order valence-corrected chi connectivity index (χ1v) is 12.0. The molecule has 0 saturated heterocycles. The summed E-state index contributed by atoms with van der Waals surface area (Å²) in [6, 6.07) is 3.15. The number of aromatic nitrogens is 2. The van der Waals surface area contributed by atoms with E-state index < -0.39 is 17.9 Å². The lowest BCUT2D eigenvalue weighted by molar-refractivity contribution is -0.145. The zero-order valence-corrected chi connectivity index (χ0v) is 19.8. The van der Waals surface area contributed by atoms with Crippen molar-refractivity contribution in [3.63, 3.8) is 0 Å². The summed E-state index contributed by atoms with van der Waals surface area (Å²) in [6.07, 6.45) is 1.87. The molecule has 0 aliphatic rings. The molecule has 0 spiro atoms. The molecule has 0 saturated carbocycles. The van der Waals surface area contributed by atoms with Gasteiger partial charge in [0.15, 0.2) is 0 Å². The van der Waals surface area contributed by atoms with E-state index in [0.717, 1.165) is 34.1 Å². The lowest BCUT2D eigenvalue weighted by Gasteiger charge is -2.16. The predicted molar refractivity (Wildman–Crippen MR) is 126 cm³/mol. The Hall–Kier alpha value is -2.98. The number of thiophene rings is 1. The molecule has 0 aliphatic carbocycles. The molecule has 0 bridgehead atoms. The third-order valence-corrected chi connectivity index (χ3v) is 6.73. The normalized spacial score (nSPS) is 11.8. The highest BCUT2D eigenvalue weighted by Gasteiger charge is 2.21. The zero-order valence-electron chi connectivity index (χ0n) is 18.2. The molecule has 1 unspecified atom stereocenters. The maximum atomic E-state index is 11.9. The van der Waals surface area contributed by atoms with Gasteiger partial charge >= 0.3 is 5.97 Å². The van der Waals surface area contributed by atoms with Crippen molar-refractivity contribution in [2.75, 3.05) is 7.11 Å². The Morgan fingerprint density at radius 2 is 2.06 bits per heavy atom. The van der Waals surface area contributed by atoms with Crippen molar-refractivity contribution < 1.29 is 19.1 Å². The Kier molecular flexibility index (Phi) is 7.81. The Morgan fingerprint density at radius 3 is 2.69 bits per heavy atom. The molecule has 8 nitrogen and oxygen atoms in total. The van der Waals surface area contributed by atoms with E-state index in [1.54, 1.807) is 28.7 Å². The second kappa shape index (κ2) is 10.6. The first-order chi connectivity index (χ1) is 15.3. The summed E-state index contributed by atoms with van der Waals surface area (Å²) in [5.41, 5.74) is 9.53. The number of primary amides is 1. The van der Waals surface area contributed by atoms with Gasteiger partial charge in [-0.15, -0.1) is 11.3 Å². The monoisotopic (exact) mass is 474 g/mol. The van der Waals surface area contributed by atoms with Gasteiger partial charge in [-0.25, -0.2) is 9.78 Å². The number of thiazole rings is 1. The van der Waals surface area contributed by atoms with Crippen molar-refractivity contribution in [3.05, 3.63) is 39.5 Å². The number of carbonyl (C=O) groups excluding carboxylic acids is 3. The van der Waals surface area contributed by atoms with Gasteiger partial charge in [0.05, 0.1) is 24.1 Å². The first-order valence-electron chi connectivity index (χ1n) is 10.1. The van der Waals surface area contributed by atoms with E-state index in [9.17, 15) is 14.4 Å². The number of nitrogens with zero attached hydrogens (tertiary/aromatic N) is 2. The van der Waals surface area contributed by atoms with Crippen LogP contribution in [0, 0.1) is 6.92 Å². The van der Waals surface area contributed by atoms with Gasteiger partial charge < -0.3 is 20.4 Å². The molecule has 32 heavy (non-hydrogen) atoms. The highest BCUT2D eigenvalue weighted by Crippen LogP contribution is 2.32. The van der Waals surface area contributed by atoms with Crippen molar-refractivity contribution in [1.29, 1.82) is 0 Å². The van der Waals surface area contributed by atoms with E-state index in [0.29, 0.717) is 24.9 Å². The Morgan fingerprint density at radius 1 is 1.28 bits per heavy atom. The number of ether oxygens (including phenoxy) is 1. The standard InChI is InChI=1S/C22H26N4O4S2/c1-13-16(20(23)28)10-19(18-12-32-21(25-18)15-7-9-31-11-15)26(13)8-5-4-6-17(22(29)30-3)24-14(2)27/h7,9-12,17H,4-6,8H2,1-3H3,(H2,23,28)(H,24,27). The fraction of sp³-hybridized carbons (Fsp3) is 0.364. The smallest absolute Gasteiger partial charge is 0.328 e. The van der Waals surface area contributed by atoms with Crippen molar-refractivity contribution in [1.82, 2.24) is 14.9 Å². The van der Waals surface area contributed by atoms with Gasteiger partial charge in [-0.3, -0.25) is 9.59 Å². The second-order valence-electron chi connectivity index (χ2n) is 7.37. The minimum Gasteiger partial charge on any atom is -0.467 e. The number of hydrogen-bond acceptors (Lipinski definition) is 7. The number of carbonyl (C=O) groups is 3. The fourth-order valence-electron chi connectivity index (χ4n) is 3.56. The molecule has 0 aromatic carbocycles. The number of amides is 2. The number of unbranched alkanes of at least 4 members (excludes halogenated alkanes) is 1. The number of nitrogens with one attached hydrogen (secondary N) is 1. The van der Waals surface area contributed by atoms with Gasteiger partial charge in [0.25, 0.3) is 5.91 Å². The summed E-state index contributed by atoms with van der Waals surface area (Å²) < 4.78 is 6.81. The number of esters is 1. The van der Waals surface area contributed by atoms with Gasteiger partial charge in [0.2, 0.25) is 5.91 Å². The molecule has 3 aromatic rings. The predicted octanol–water partition coefficient (Wildman–Crippen LogP) is 3.60. The minimum absolute atomic E-state index is 0.278. The summed E-state index contributed by atoms with van der Waals surface area (Å²) >= 11 is 3.17. The molecule has 0 fully saturated rings. The van der Waals surface area contributed by atoms with Gasteiger partial charge in [0, 0.05) is 35.5 Å². The summed E-state index contributed by atoms with van der Waals surface area (Å²) in [5, 5.41) is 9.58. The van der Waals surface area contributed by atoms with E-state index >= 15 is 0 Å². The van der Waals surface area contributed by atoms with Crippen LogP contribution in [-0.2, 0) is 20.9 Å². The molecule has 3 aromatic heterocycles. The molecule has 10 heteroatoms. The topological polar surface area (TPSA) is 116 Å². The molecule has 0 radical (unpaired) electrons. The van der Waals surface area contributed by atoms with E-state index in [1.165, 1.54) is 14.0 Å². The fourth-order valence-corrected chi connectivity index (χ4v) is 5.09. The largest absolute Gasteiger partial charge is 0.467 e. The minimum atomic E-state index is -0.671. The molecule has 0 aliphatic heterocycles. The second-order valence-corrected chi connectivity index (χ2v) is 9.00. The van der Waals surface area contributed by atoms with Crippen molar-refractivity contribution in [2.45, 2.75) is 45.7 Å². The molecule has 3 heterocycles. The SMILES string of the molecule is COC(=O)C(CCCCn1c(-c2csc(-c3ccsc3)n2)cc(C(N)=O)c1C)NC(C)=O. The van der Waals surface area contributed by atoms with Crippen molar-refractivity contribution >= 4 is 40.5 Å². The zero-order chi connectivity index (χ0) is 23.3. The molecule has 3 N–H and O–H groups in total. The van der Waals surface area contributed by atoms with Crippen molar-refractivity contribution in [3.8, 4) is 22.0 Å². The molecule has 1 atom stereocenters. The van der Waals surface area contributed by atoms with Gasteiger partial charge in [0.1, 0.15) is 11.0 Å². The molecule has 3 rings (SSSR count). The Labute approximate surface area is 194 Å². The van der Waals surface area contributed by atoms with Crippen LogP contribution < -0.4 is 11.1 Å². The van der Waals surface area contributed by atoms with Gasteiger partial charge in [-0.2, -0.15) is 11.3 Å². The average molecular weight is 475 g/mol. The van der Waals surface area contributed by atoms with Crippen molar-refractivity contribution in [2.24, 2.45) is 5.73 Å². The van der Waals surface area contributed by atoms with Crippen LogP contribution >= 0.6 is 22.7 Å². The number of rotatable bonds is 10. The van der Waals surface area contributed by atoms with Gasteiger partial charge in [-0.1, -0.05) is 0 Å². The third-order valence-electron chi connectivity index (χ3n) is 5.15. The average Bonchev–Trinajstić information content (AvgIpc) is 3.49. The van der Waals surface area contributed by atoms with Crippen LogP contribution in [0.5, 0.6) is 0 Å². The molecule has 170 valence electrons. The lowest BCUT2D eigenvalue weighted by Crippen LogP contribution is -2.40. The molecular weight excluding hydrogens is 448 g/mol. The van der Waals surface area contributed by atoms with E-state index in [-0.39, 0.29) is 5.91 Å². The summed E-state index contributed by atoms with van der Waals surface area (Å²) in [6.45, 7) is 3.85.